The SMILES string of the molecule is Cc1n[nH]c(C)c1NC(=O)c1nc(NN)ccc1Cl. The first-order valence-corrected chi connectivity index (χ1v) is 5.86. The van der Waals surface area contributed by atoms with E-state index in [-0.39, 0.29) is 10.7 Å². The van der Waals surface area contributed by atoms with Gasteiger partial charge in [0.1, 0.15) is 11.5 Å². The van der Waals surface area contributed by atoms with Gasteiger partial charge in [-0.2, -0.15) is 5.10 Å². The molecule has 8 heteroatoms. The predicted octanol–water partition coefficient (Wildman–Crippen LogP) is 1.61. The molecule has 2 rings (SSSR count). The van der Waals surface area contributed by atoms with E-state index in [1.54, 1.807) is 19.1 Å². The lowest BCUT2D eigenvalue weighted by molar-refractivity contribution is 0.102. The van der Waals surface area contributed by atoms with Gasteiger partial charge in [0.15, 0.2) is 0 Å². The lowest BCUT2D eigenvalue weighted by Gasteiger charge is -2.07. The number of H-pyrrole nitrogens is 1. The highest BCUT2D eigenvalue weighted by molar-refractivity contribution is 6.34. The Hall–Kier alpha value is -2.12. The first-order valence-electron chi connectivity index (χ1n) is 5.49. The van der Waals surface area contributed by atoms with Gasteiger partial charge < -0.3 is 10.7 Å². The lowest BCUT2D eigenvalue weighted by atomic mass is 10.2. The van der Waals surface area contributed by atoms with Crippen molar-refractivity contribution in [2.75, 3.05) is 10.7 Å². The van der Waals surface area contributed by atoms with E-state index in [9.17, 15) is 4.79 Å². The number of nitrogen functional groups attached to an aromatic ring is 1. The van der Waals surface area contributed by atoms with Gasteiger partial charge >= 0.3 is 0 Å². The summed E-state index contributed by atoms with van der Waals surface area (Å²) in [6.45, 7) is 3.59. The zero-order chi connectivity index (χ0) is 14.0. The molecule has 0 aliphatic heterocycles. The van der Waals surface area contributed by atoms with Gasteiger partial charge in [-0.1, -0.05) is 11.6 Å². The molecule has 0 spiro atoms. The number of aromatic amines is 1. The Labute approximate surface area is 114 Å². The number of halogens is 1. The highest BCUT2D eigenvalue weighted by Crippen LogP contribution is 2.20. The quantitative estimate of drug-likeness (QED) is 0.504. The molecule has 100 valence electrons. The second-order valence-electron chi connectivity index (χ2n) is 3.93. The van der Waals surface area contributed by atoms with Crippen molar-refractivity contribution in [1.82, 2.24) is 15.2 Å². The molecule has 0 aromatic carbocycles. The Morgan fingerprint density at radius 2 is 2.16 bits per heavy atom. The van der Waals surface area contributed by atoms with Crippen molar-refractivity contribution >= 4 is 29.0 Å². The van der Waals surface area contributed by atoms with E-state index in [4.69, 9.17) is 17.4 Å². The maximum absolute atomic E-state index is 12.1. The van der Waals surface area contributed by atoms with E-state index in [1.165, 1.54) is 0 Å². The first-order chi connectivity index (χ1) is 9.02. The molecule has 0 saturated carbocycles. The monoisotopic (exact) mass is 280 g/mol. The fourth-order valence-electron chi connectivity index (χ4n) is 1.59. The third-order valence-electron chi connectivity index (χ3n) is 2.58. The molecule has 0 aliphatic carbocycles. The molecule has 2 aromatic rings. The smallest absolute Gasteiger partial charge is 0.276 e. The van der Waals surface area contributed by atoms with Crippen LogP contribution in [0.4, 0.5) is 11.5 Å². The number of anilines is 2. The summed E-state index contributed by atoms with van der Waals surface area (Å²) >= 11 is 5.95. The number of hydrogen-bond donors (Lipinski definition) is 4. The second-order valence-corrected chi connectivity index (χ2v) is 4.34. The van der Waals surface area contributed by atoms with Crippen molar-refractivity contribution in [2.24, 2.45) is 5.84 Å². The van der Waals surface area contributed by atoms with Crippen LogP contribution in [0.3, 0.4) is 0 Å². The van der Waals surface area contributed by atoms with Crippen LogP contribution in [-0.4, -0.2) is 21.1 Å². The summed E-state index contributed by atoms with van der Waals surface area (Å²) in [5.74, 6) is 5.19. The number of rotatable bonds is 3. The number of carbonyl (C=O) groups is 1. The molecule has 0 bridgehead atoms. The fourth-order valence-corrected chi connectivity index (χ4v) is 1.78. The Balaban J connectivity index is 2.30. The zero-order valence-electron chi connectivity index (χ0n) is 10.4. The van der Waals surface area contributed by atoms with Gasteiger partial charge in [0.05, 0.1) is 22.1 Å². The zero-order valence-corrected chi connectivity index (χ0v) is 11.2. The Morgan fingerprint density at radius 1 is 1.42 bits per heavy atom. The molecular formula is C11H13ClN6O. The summed E-state index contributed by atoms with van der Waals surface area (Å²) in [5.41, 5.74) is 4.53. The minimum Gasteiger partial charge on any atom is -0.317 e. The van der Waals surface area contributed by atoms with Crippen LogP contribution in [0.5, 0.6) is 0 Å². The fraction of sp³-hybridized carbons (Fsp3) is 0.182. The molecule has 1 amide bonds. The van der Waals surface area contributed by atoms with E-state index < -0.39 is 5.91 Å². The van der Waals surface area contributed by atoms with Crippen LogP contribution in [0.15, 0.2) is 12.1 Å². The number of nitrogens with one attached hydrogen (secondary N) is 3. The third-order valence-corrected chi connectivity index (χ3v) is 2.88. The van der Waals surface area contributed by atoms with Gasteiger partial charge in [-0.15, -0.1) is 0 Å². The molecule has 7 nitrogen and oxygen atoms in total. The Bertz CT molecular complexity index is 604. The number of aromatic nitrogens is 3. The van der Waals surface area contributed by atoms with Gasteiger partial charge in [-0.25, -0.2) is 10.8 Å². The van der Waals surface area contributed by atoms with Crippen molar-refractivity contribution < 1.29 is 4.79 Å². The number of hydrazine groups is 1. The number of nitrogens with zero attached hydrogens (tertiary/aromatic N) is 2. The second kappa shape index (κ2) is 5.25. The molecule has 0 radical (unpaired) electrons. The Kier molecular flexibility index (Phi) is 3.68. The van der Waals surface area contributed by atoms with E-state index >= 15 is 0 Å². The minimum absolute atomic E-state index is 0.0946. The average Bonchev–Trinajstić information content (AvgIpc) is 2.71. The van der Waals surface area contributed by atoms with Crippen LogP contribution in [0, 0.1) is 13.8 Å². The number of carbonyl (C=O) groups excluding carboxylic acids is 1. The summed E-state index contributed by atoms with van der Waals surface area (Å²) in [4.78, 5) is 16.2. The molecule has 0 unspecified atom stereocenters. The largest absolute Gasteiger partial charge is 0.317 e. The maximum atomic E-state index is 12.1. The molecule has 19 heavy (non-hydrogen) atoms. The number of nitrogens with two attached hydrogens (primary N) is 1. The average molecular weight is 281 g/mol. The first kappa shape index (κ1) is 13.3. The van der Waals surface area contributed by atoms with Gasteiger partial charge in [0.25, 0.3) is 5.91 Å². The summed E-state index contributed by atoms with van der Waals surface area (Å²) in [6.07, 6.45) is 0. The van der Waals surface area contributed by atoms with E-state index in [2.05, 4.69) is 25.9 Å². The van der Waals surface area contributed by atoms with Gasteiger partial charge in [0.2, 0.25) is 0 Å². The van der Waals surface area contributed by atoms with Crippen LogP contribution in [0.1, 0.15) is 21.9 Å². The highest BCUT2D eigenvalue weighted by atomic mass is 35.5. The molecule has 0 atom stereocenters. The van der Waals surface area contributed by atoms with Crippen molar-refractivity contribution in [1.29, 1.82) is 0 Å². The summed E-state index contributed by atoms with van der Waals surface area (Å²) in [6, 6.07) is 3.13. The van der Waals surface area contributed by atoms with Crippen molar-refractivity contribution in [2.45, 2.75) is 13.8 Å². The van der Waals surface area contributed by atoms with Crippen molar-refractivity contribution in [3.8, 4) is 0 Å². The highest BCUT2D eigenvalue weighted by Gasteiger charge is 2.16. The van der Waals surface area contributed by atoms with E-state index in [1.807, 2.05) is 6.92 Å². The summed E-state index contributed by atoms with van der Waals surface area (Å²) < 4.78 is 0. The molecule has 0 aliphatic rings. The van der Waals surface area contributed by atoms with Crippen LogP contribution in [0.25, 0.3) is 0 Å². The molecule has 0 saturated heterocycles. The Morgan fingerprint density at radius 3 is 2.74 bits per heavy atom. The molecular weight excluding hydrogens is 268 g/mol. The van der Waals surface area contributed by atoms with E-state index in [0.717, 1.165) is 5.69 Å². The molecule has 2 heterocycles. The number of amides is 1. The van der Waals surface area contributed by atoms with Crippen LogP contribution in [-0.2, 0) is 0 Å². The molecule has 0 fully saturated rings. The van der Waals surface area contributed by atoms with Crippen LogP contribution in [0.2, 0.25) is 5.02 Å². The lowest BCUT2D eigenvalue weighted by Crippen LogP contribution is -2.17. The number of pyridine rings is 1. The minimum atomic E-state index is -0.422. The number of aryl methyl sites for hydroxylation is 2. The molecule has 2 aromatic heterocycles. The number of hydrogen-bond acceptors (Lipinski definition) is 5. The maximum Gasteiger partial charge on any atom is 0.276 e. The van der Waals surface area contributed by atoms with Crippen molar-refractivity contribution in [3.63, 3.8) is 0 Å². The van der Waals surface area contributed by atoms with Crippen LogP contribution >= 0.6 is 11.6 Å². The molecule has 5 N–H and O–H groups in total. The van der Waals surface area contributed by atoms with Gasteiger partial charge in [0, 0.05) is 0 Å². The van der Waals surface area contributed by atoms with Crippen molar-refractivity contribution in [3.05, 3.63) is 34.2 Å². The van der Waals surface area contributed by atoms with Crippen LogP contribution < -0.4 is 16.6 Å². The topological polar surface area (TPSA) is 109 Å². The summed E-state index contributed by atoms with van der Waals surface area (Å²) in [5, 5.41) is 9.74. The third kappa shape index (κ3) is 2.67. The van der Waals surface area contributed by atoms with Gasteiger partial charge in [-0.3, -0.25) is 9.89 Å². The standard InChI is InChI=1S/C11H13ClN6O/c1-5-9(6(2)18-17-5)15-11(19)10-7(12)3-4-8(14-10)16-13/h3-4H,13H2,1-2H3,(H,14,16)(H,15,19)(H,17,18). The normalized spacial score (nSPS) is 10.3. The van der Waals surface area contributed by atoms with E-state index in [0.29, 0.717) is 17.2 Å². The predicted molar refractivity (Wildman–Crippen MR) is 73.1 cm³/mol. The van der Waals surface area contributed by atoms with Gasteiger partial charge in [-0.05, 0) is 26.0 Å². The summed E-state index contributed by atoms with van der Waals surface area (Å²) in [7, 11) is 0.